The summed E-state index contributed by atoms with van der Waals surface area (Å²) >= 11 is 0. The molecule has 4 aromatic carbocycles. The van der Waals surface area contributed by atoms with Crippen LogP contribution < -0.4 is 19.7 Å². The minimum absolute atomic E-state index is 0.260. The number of allylic oxidation sites excluding steroid dienone is 1. The van der Waals surface area contributed by atoms with E-state index in [1.807, 2.05) is 55.1 Å². The van der Waals surface area contributed by atoms with Crippen LogP contribution in [0, 0.1) is 12.8 Å². The summed E-state index contributed by atoms with van der Waals surface area (Å²) in [5.41, 5.74) is 4.60. The smallest absolute Gasteiger partial charge is 0.238 e. The molecular formula is C37H32N2O5. The maximum absolute atomic E-state index is 15.0. The first-order chi connectivity index (χ1) is 21.3. The maximum Gasteiger partial charge on any atom is 0.238 e. The van der Waals surface area contributed by atoms with E-state index in [1.165, 1.54) is 0 Å². The molecule has 1 fully saturated rings. The van der Waals surface area contributed by atoms with E-state index in [4.69, 9.17) is 9.47 Å². The van der Waals surface area contributed by atoms with Gasteiger partial charge in [-0.3, -0.25) is 14.4 Å². The zero-order chi connectivity index (χ0) is 30.7. The van der Waals surface area contributed by atoms with Gasteiger partial charge in [0.05, 0.1) is 26.2 Å². The Hall–Kier alpha value is -5.17. The van der Waals surface area contributed by atoms with Gasteiger partial charge >= 0.3 is 0 Å². The number of para-hydroxylation sites is 1. The number of fused-ring (bicyclic) bond motifs is 6. The van der Waals surface area contributed by atoms with Gasteiger partial charge in [0.2, 0.25) is 5.91 Å². The van der Waals surface area contributed by atoms with Gasteiger partial charge in [-0.15, -0.1) is 0 Å². The third kappa shape index (κ3) is 3.85. The van der Waals surface area contributed by atoms with Gasteiger partial charge in [-0.1, -0.05) is 60.2 Å². The minimum atomic E-state index is -1.39. The molecule has 1 spiro atoms. The molecule has 220 valence electrons. The quantitative estimate of drug-likeness (QED) is 0.270. The van der Waals surface area contributed by atoms with Crippen LogP contribution in [0.15, 0.2) is 97.1 Å². The molecule has 7 rings (SSSR count). The highest BCUT2D eigenvalue weighted by Crippen LogP contribution is 2.59. The molecule has 0 aromatic heterocycles. The number of carbonyl (C=O) groups excluding carboxylic acids is 3. The number of hydrogen-bond donors (Lipinski definition) is 1. The number of rotatable bonds is 6. The lowest BCUT2D eigenvalue weighted by molar-refractivity contribution is -0.121. The molecule has 1 saturated heterocycles. The van der Waals surface area contributed by atoms with Gasteiger partial charge in [-0.05, 0) is 67.4 Å². The van der Waals surface area contributed by atoms with Crippen molar-refractivity contribution in [2.45, 2.75) is 31.3 Å². The van der Waals surface area contributed by atoms with Crippen LogP contribution in [-0.4, -0.2) is 43.8 Å². The average Bonchev–Trinajstić information content (AvgIpc) is 3.52. The highest BCUT2D eigenvalue weighted by molar-refractivity contribution is 6.18. The lowest BCUT2D eigenvalue weighted by atomic mass is 9.64. The molecule has 0 unspecified atom stereocenters. The number of benzene rings is 4. The normalized spacial score (nSPS) is 22.9. The molecule has 4 aromatic rings. The number of amides is 1. The standard InChI is InChI=1S/C37H32N2O5/c1-21-15-16-30-27(17-21)22(2)18-31-37(28-13-5-6-14-29(28)38-36(37)42)32(34(40)23-9-7-11-25(19-23)43-3)33(39(30)31)35(41)24-10-8-12-26(20-24)44-4/h5-20,31-33H,1-4H3,(H,38,42)/t31-,32-,33+,37+/m1/s1. The van der Waals surface area contributed by atoms with Crippen molar-refractivity contribution in [2.24, 2.45) is 5.92 Å². The Bertz CT molecular complexity index is 1890. The second-order valence-corrected chi connectivity index (χ2v) is 11.7. The topological polar surface area (TPSA) is 84.9 Å². The van der Waals surface area contributed by atoms with Crippen molar-refractivity contribution in [1.29, 1.82) is 0 Å². The number of ketones is 2. The Balaban J connectivity index is 1.55. The summed E-state index contributed by atoms with van der Waals surface area (Å²) in [4.78, 5) is 46.6. The van der Waals surface area contributed by atoms with E-state index >= 15 is 4.79 Å². The first-order valence-electron chi connectivity index (χ1n) is 14.6. The lowest BCUT2D eigenvalue weighted by Gasteiger charge is -2.39. The molecule has 0 aliphatic carbocycles. The van der Waals surface area contributed by atoms with Crippen LogP contribution >= 0.6 is 0 Å². The first-order valence-corrected chi connectivity index (χ1v) is 14.6. The number of aryl methyl sites for hydroxylation is 1. The Kier molecular flexibility index (Phi) is 6.43. The summed E-state index contributed by atoms with van der Waals surface area (Å²) < 4.78 is 10.9. The largest absolute Gasteiger partial charge is 0.497 e. The number of nitrogens with zero attached hydrogens (tertiary/aromatic N) is 1. The van der Waals surface area contributed by atoms with E-state index in [0.717, 1.165) is 22.4 Å². The summed E-state index contributed by atoms with van der Waals surface area (Å²) in [7, 11) is 3.10. The molecule has 7 heteroatoms. The Morgan fingerprint density at radius 2 is 1.45 bits per heavy atom. The summed E-state index contributed by atoms with van der Waals surface area (Å²) in [5, 5.41) is 3.08. The maximum atomic E-state index is 15.0. The zero-order valence-electron chi connectivity index (χ0n) is 25.0. The third-order valence-electron chi connectivity index (χ3n) is 9.39. The Labute approximate surface area is 256 Å². The van der Waals surface area contributed by atoms with E-state index in [0.29, 0.717) is 33.9 Å². The van der Waals surface area contributed by atoms with Gasteiger partial charge in [0.1, 0.15) is 23.0 Å². The number of Topliss-reactive ketones (excluding diaryl/α,β-unsaturated/α-hetero) is 2. The van der Waals surface area contributed by atoms with Crippen molar-refractivity contribution >= 4 is 34.4 Å². The molecule has 0 bridgehead atoms. The summed E-state index contributed by atoms with van der Waals surface area (Å²) in [5.74, 6) is -0.877. The fraction of sp³-hybridized carbons (Fsp3) is 0.216. The summed E-state index contributed by atoms with van der Waals surface area (Å²) in [6.45, 7) is 4.05. The molecule has 1 amide bonds. The van der Waals surface area contributed by atoms with Crippen molar-refractivity contribution in [2.75, 3.05) is 24.4 Å². The monoisotopic (exact) mass is 584 g/mol. The van der Waals surface area contributed by atoms with Crippen LogP contribution in [0.1, 0.15) is 44.3 Å². The number of methoxy groups -OCH3 is 2. The molecule has 0 saturated carbocycles. The lowest BCUT2D eigenvalue weighted by Crippen LogP contribution is -2.51. The number of ether oxygens (including phenoxy) is 2. The highest BCUT2D eigenvalue weighted by atomic mass is 16.5. The second kappa shape index (κ2) is 10.2. The zero-order valence-corrected chi connectivity index (χ0v) is 25.0. The van der Waals surface area contributed by atoms with Crippen LogP contribution in [0.3, 0.4) is 0 Å². The van der Waals surface area contributed by atoms with Crippen molar-refractivity contribution in [3.63, 3.8) is 0 Å². The first kappa shape index (κ1) is 27.7. The minimum Gasteiger partial charge on any atom is -0.497 e. The Morgan fingerprint density at radius 1 is 0.795 bits per heavy atom. The van der Waals surface area contributed by atoms with E-state index in [2.05, 4.69) is 17.5 Å². The van der Waals surface area contributed by atoms with Gasteiger partial charge in [0.15, 0.2) is 11.6 Å². The fourth-order valence-electron chi connectivity index (χ4n) is 7.45. The van der Waals surface area contributed by atoms with Crippen LogP contribution in [0.25, 0.3) is 5.57 Å². The molecule has 0 radical (unpaired) electrons. The van der Waals surface area contributed by atoms with Crippen molar-refractivity contribution in [3.8, 4) is 11.5 Å². The Morgan fingerprint density at radius 3 is 2.14 bits per heavy atom. The van der Waals surface area contributed by atoms with Crippen LogP contribution in [-0.2, 0) is 10.2 Å². The van der Waals surface area contributed by atoms with Gasteiger partial charge < -0.3 is 19.7 Å². The molecule has 44 heavy (non-hydrogen) atoms. The molecule has 4 atom stereocenters. The molecule has 3 aliphatic heterocycles. The van der Waals surface area contributed by atoms with Crippen LogP contribution in [0.4, 0.5) is 11.4 Å². The second-order valence-electron chi connectivity index (χ2n) is 11.7. The fourth-order valence-corrected chi connectivity index (χ4v) is 7.45. The predicted octanol–water partition coefficient (Wildman–Crippen LogP) is 6.26. The summed E-state index contributed by atoms with van der Waals surface area (Å²) in [6, 6.07) is 25.9. The SMILES string of the molecule is COc1cccc(C(=O)[C@@H]2[C@H](C(=O)c3cccc(OC)c3)[C@@]3(C(=O)Nc4ccccc43)[C@H]3C=C(C)c4cc(C)ccc4N23)c1. The van der Waals surface area contributed by atoms with E-state index in [-0.39, 0.29) is 17.5 Å². The predicted molar refractivity (Wildman–Crippen MR) is 170 cm³/mol. The van der Waals surface area contributed by atoms with E-state index < -0.39 is 23.4 Å². The van der Waals surface area contributed by atoms with Crippen molar-refractivity contribution in [3.05, 3.63) is 125 Å². The van der Waals surface area contributed by atoms with Crippen molar-refractivity contribution < 1.29 is 23.9 Å². The number of carbonyl (C=O) groups is 3. The number of nitrogens with one attached hydrogen (secondary N) is 1. The van der Waals surface area contributed by atoms with E-state index in [1.54, 1.807) is 62.8 Å². The summed E-state index contributed by atoms with van der Waals surface area (Å²) in [6.07, 6.45) is 2.06. The highest BCUT2D eigenvalue weighted by Gasteiger charge is 2.70. The number of anilines is 2. The third-order valence-corrected chi connectivity index (χ3v) is 9.39. The van der Waals surface area contributed by atoms with Gasteiger partial charge in [0.25, 0.3) is 0 Å². The van der Waals surface area contributed by atoms with Gasteiger partial charge in [-0.25, -0.2) is 0 Å². The number of hydrogen-bond acceptors (Lipinski definition) is 6. The van der Waals surface area contributed by atoms with Crippen LogP contribution in [0.5, 0.6) is 11.5 Å². The average molecular weight is 585 g/mol. The van der Waals surface area contributed by atoms with Gasteiger partial charge in [0, 0.05) is 28.1 Å². The molecule has 7 nitrogen and oxygen atoms in total. The molecule has 3 heterocycles. The van der Waals surface area contributed by atoms with Crippen LogP contribution in [0.2, 0.25) is 0 Å². The van der Waals surface area contributed by atoms with Crippen molar-refractivity contribution in [1.82, 2.24) is 0 Å². The molecule has 3 aliphatic rings. The molecular weight excluding hydrogens is 552 g/mol. The molecule has 1 N–H and O–H groups in total. The van der Waals surface area contributed by atoms with E-state index in [9.17, 15) is 9.59 Å². The van der Waals surface area contributed by atoms with Gasteiger partial charge in [-0.2, -0.15) is 0 Å².